The van der Waals surface area contributed by atoms with E-state index >= 15 is 0 Å². The maximum Gasteiger partial charge on any atom is 0.472 e. The van der Waals surface area contributed by atoms with Gasteiger partial charge in [0, 0.05) is 11.5 Å². The molecule has 3 N–H and O–H groups in total. The second-order valence-corrected chi connectivity index (χ2v) is 11.8. The molecule has 2 saturated heterocycles. The van der Waals surface area contributed by atoms with Crippen molar-refractivity contribution in [3.63, 3.8) is 0 Å². The van der Waals surface area contributed by atoms with Crippen LogP contribution in [-0.2, 0) is 18.3 Å². The Morgan fingerprint density at radius 2 is 2.20 bits per heavy atom. The topological polar surface area (TPSA) is 135 Å². The third-order valence-corrected chi connectivity index (χ3v) is 8.92. The summed E-state index contributed by atoms with van der Waals surface area (Å²) < 4.78 is 30.8. The lowest BCUT2D eigenvalue weighted by atomic mass is 10.1. The highest BCUT2D eigenvalue weighted by atomic mass is 33.1. The third-order valence-electron chi connectivity index (χ3n) is 4.88. The maximum absolute atomic E-state index is 12.4. The zero-order chi connectivity index (χ0) is 21.3. The SMILES string of the molecule is CC1CSSCC(OP(=O)(O)OCC2CCC(n3cnc4c(S)nc(N)nc43)O2)C1. The maximum atomic E-state index is 12.4. The number of rotatable bonds is 6. The zero-order valence-electron chi connectivity index (χ0n) is 16.3. The van der Waals surface area contributed by atoms with Crippen molar-refractivity contribution >= 4 is 59.2 Å². The van der Waals surface area contributed by atoms with Crippen LogP contribution in [0.4, 0.5) is 5.95 Å². The van der Waals surface area contributed by atoms with Crippen molar-refractivity contribution in [2.24, 2.45) is 5.92 Å². The van der Waals surface area contributed by atoms with Crippen LogP contribution >= 0.6 is 42.0 Å². The minimum Gasteiger partial charge on any atom is -0.368 e. The number of imidazole rings is 1. The monoisotopic (exact) mass is 493 g/mol. The van der Waals surface area contributed by atoms with E-state index in [1.807, 2.05) is 0 Å². The molecule has 2 aliphatic heterocycles. The highest BCUT2D eigenvalue weighted by Crippen LogP contribution is 2.48. The Labute approximate surface area is 187 Å². The fourth-order valence-electron chi connectivity index (χ4n) is 3.49. The molecular weight excluding hydrogens is 469 g/mol. The van der Waals surface area contributed by atoms with Crippen molar-refractivity contribution in [1.82, 2.24) is 19.5 Å². The van der Waals surface area contributed by atoms with E-state index in [1.54, 1.807) is 32.5 Å². The second kappa shape index (κ2) is 9.53. The summed E-state index contributed by atoms with van der Waals surface area (Å²) in [6.07, 6.45) is 2.70. The molecule has 0 bridgehead atoms. The number of phosphoric acid groups is 1. The van der Waals surface area contributed by atoms with Crippen LogP contribution in [-0.4, -0.2) is 54.7 Å². The van der Waals surface area contributed by atoms with E-state index in [9.17, 15) is 9.46 Å². The smallest absolute Gasteiger partial charge is 0.368 e. The summed E-state index contributed by atoms with van der Waals surface area (Å²) in [4.78, 5) is 22.6. The van der Waals surface area contributed by atoms with Gasteiger partial charge in [-0.2, -0.15) is 4.98 Å². The molecule has 166 valence electrons. The average Bonchev–Trinajstić information content (AvgIpc) is 3.25. The van der Waals surface area contributed by atoms with Crippen molar-refractivity contribution in [3.05, 3.63) is 6.33 Å². The molecule has 4 heterocycles. The van der Waals surface area contributed by atoms with E-state index in [2.05, 4.69) is 34.5 Å². The van der Waals surface area contributed by atoms with Gasteiger partial charge in [-0.1, -0.05) is 28.5 Å². The second-order valence-electron chi connectivity index (χ2n) is 7.42. The summed E-state index contributed by atoms with van der Waals surface area (Å²) in [6, 6.07) is 0. The van der Waals surface area contributed by atoms with Crippen LogP contribution in [0.5, 0.6) is 0 Å². The van der Waals surface area contributed by atoms with Crippen LogP contribution in [0.15, 0.2) is 11.4 Å². The van der Waals surface area contributed by atoms with Crippen molar-refractivity contribution in [1.29, 1.82) is 0 Å². The molecule has 30 heavy (non-hydrogen) atoms. The van der Waals surface area contributed by atoms with Gasteiger partial charge in [-0.15, -0.1) is 12.6 Å². The molecule has 2 aromatic rings. The predicted molar refractivity (Wildman–Crippen MR) is 119 cm³/mol. The van der Waals surface area contributed by atoms with Gasteiger partial charge >= 0.3 is 7.82 Å². The molecule has 2 fully saturated rings. The quantitative estimate of drug-likeness (QED) is 0.237. The first kappa shape index (κ1) is 22.7. The van der Waals surface area contributed by atoms with Gasteiger partial charge in [0.25, 0.3) is 0 Å². The fourth-order valence-corrected chi connectivity index (χ4v) is 7.45. The number of phosphoric ester groups is 1. The van der Waals surface area contributed by atoms with E-state index in [0.29, 0.717) is 40.7 Å². The highest BCUT2D eigenvalue weighted by molar-refractivity contribution is 8.76. The molecule has 10 nitrogen and oxygen atoms in total. The number of hydrogen-bond donors (Lipinski definition) is 3. The molecule has 5 atom stereocenters. The molecule has 0 aromatic carbocycles. The highest BCUT2D eigenvalue weighted by Gasteiger charge is 2.33. The van der Waals surface area contributed by atoms with Crippen LogP contribution in [0, 0.1) is 5.92 Å². The van der Waals surface area contributed by atoms with Gasteiger partial charge in [0.2, 0.25) is 5.95 Å². The predicted octanol–water partition coefficient (Wildman–Crippen LogP) is 3.30. The average molecular weight is 494 g/mol. The lowest BCUT2D eigenvalue weighted by molar-refractivity contribution is -0.0241. The van der Waals surface area contributed by atoms with Gasteiger partial charge in [-0.05, 0) is 25.2 Å². The summed E-state index contributed by atoms with van der Waals surface area (Å²) in [5, 5.41) is 0.400. The third kappa shape index (κ3) is 5.44. The number of ether oxygens (including phenoxy) is 1. The number of nitrogens with two attached hydrogens (primary N) is 1. The standard InChI is InChI=1S/C16H24N5O5PS3/c1-9-4-11(7-30-29-6-9)26-27(22,23)24-5-10-2-3-12(25-10)21-8-18-13-14(21)19-16(17)20-15(13)28/h8-12H,2-7H2,1H3,(H,22,23)(H3,17,19,20,28). The summed E-state index contributed by atoms with van der Waals surface area (Å²) in [5.74, 6) is 2.20. The molecule has 2 aliphatic rings. The number of nitrogens with zero attached hydrogens (tertiary/aromatic N) is 4. The zero-order valence-corrected chi connectivity index (χ0v) is 19.7. The van der Waals surface area contributed by atoms with Crippen LogP contribution in [0.2, 0.25) is 0 Å². The summed E-state index contributed by atoms with van der Waals surface area (Å²) in [7, 11) is -0.737. The molecule has 0 radical (unpaired) electrons. The van der Waals surface area contributed by atoms with E-state index in [-0.39, 0.29) is 31.0 Å². The summed E-state index contributed by atoms with van der Waals surface area (Å²) in [5.41, 5.74) is 6.80. The van der Waals surface area contributed by atoms with Gasteiger partial charge in [-0.3, -0.25) is 13.6 Å². The molecular formula is C16H24N5O5PS3. The lowest BCUT2D eigenvalue weighted by Gasteiger charge is -2.21. The number of aromatic nitrogens is 4. The van der Waals surface area contributed by atoms with E-state index in [0.717, 1.165) is 12.2 Å². The molecule has 4 rings (SSSR count). The van der Waals surface area contributed by atoms with Gasteiger partial charge in [0.05, 0.1) is 25.1 Å². The van der Waals surface area contributed by atoms with Gasteiger partial charge < -0.3 is 15.4 Å². The molecule has 14 heteroatoms. The van der Waals surface area contributed by atoms with Crippen LogP contribution in [0.25, 0.3) is 11.2 Å². The molecule has 0 spiro atoms. The Morgan fingerprint density at radius 3 is 3.03 bits per heavy atom. The van der Waals surface area contributed by atoms with Crippen molar-refractivity contribution in [2.45, 2.75) is 49.6 Å². The Kier molecular flexibility index (Phi) is 7.20. The van der Waals surface area contributed by atoms with Crippen molar-refractivity contribution < 1.29 is 23.2 Å². The fraction of sp³-hybridized carbons (Fsp3) is 0.688. The van der Waals surface area contributed by atoms with Gasteiger partial charge in [-0.25, -0.2) is 14.5 Å². The number of nitrogen functional groups attached to an aromatic ring is 1. The van der Waals surface area contributed by atoms with Gasteiger partial charge in [0.1, 0.15) is 16.8 Å². The summed E-state index contributed by atoms with van der Waals surface area (Å²) >= 11 is 4.28. The number of anilines is 1. The Hall–Kier alpha value is -0.530. The number of thiol groups is 1. The minimum absolute atomic E-state index is 0.0317. The Bertz CT molecular complexity index is 949. The van der Waals surface area contributed by atoms with Crippen LogP contribution in [0.3, 0.4) is 0 Å². The van der Waals surface area contributed by atoms with E-state index in [4.69, 9.17) is 19.5 Å². The normalized spacial score (nSPS) is 29.7. The van der Waals surface area contributed by atoms with Crippen molar-refractivity contribution in [3.8, 4) is 0 Å². The molecule has 2 aromatic heterocycles. The van der Waals surface area contributed by atoms with E-state index < -0.39 is 7.82 Å². The lowest BCUT2D eigenvalue weighted by Crippen LogP contribution is -2.20. The molecule has 0 saturated carbocycles. The number of hydrogen-bond acceptors (Lipinski definition) is 11. The first-order valence-electron chi connectivity index (χ1n) is 9.55. The van der Waals surface area contributed by atoms with Crippen LogP contribution < -0.4 is 5.73 Å². The Morgan fingerprint density at radius 1 is 1.40 bits per heavy atom. The first-order chi connectivity index (χ1) is 14.3. The van der Waals surface area contributed by atoms with Gasteiger partial charge in [0.15, 0.2) is 5.65 Å². The molecule has 0 aliphatic carbocycles. The molecule has 5 unspecified atom stereocenters. The first-order valence-corrected chi connectivity index (χ1v) is 14.0. The summed E-state index contributed by atoms with van der Waals surface area (Å²) in [6.45, 7) is 2.08. The minimum atomic E-state index is -4.16. The van der Waals surface area contributed by atoms with E-state index in [1.165, 1.54) is 0 Å². The number of fused-ring (bicyclic) bond motifs is 1. The van der Waals surface area contributed by atoms with Crippen LogP contribution in [0.1, 0.15) is 32.4 Å². The van der Waals surface area contributed by atoms with Crippen molar-refractivity contribution in [2.75, 3.05) is 23.8 Å². The Balaban J connectivity index is 1.33. The largest absolute Gasteiger partial charge is 0.472 e. The molecule has 0 amide bonds.